The van der Waals surface area contributed by atoms with Gasteiger partial charge in [-0.3, -0.25) is 4.18 Å². The Labute approximate surface area is 83.8 Å². The van der Waals surface area contributed by atoms with Crippen molar-refractivity contribution < 1.29 is 12.6 Å². The van der Waals surface area contributed by atoms with Crippen molar-refractivity contribution in [3.05, 3.63) is 35.9 Å². The Bertz CT molecular complexity index is 437. The molecule has 0 bridgehead atoms. The lowest BCUT2D eigenvalue weighted by Gasteiger charge is -1.92. The van der Waals surface area contributed by atoms with Crippen molar-refractivity contribution in [1.82, 2.24) is 0 Å². The van der Waals surface area contributed by atoms with Crippen molar-refractivity contribution in [2.75, 3.05) is 6.61 Å². The van der Waals surface area contributed by atoms with Gasteiger partial charge in [-0.1, -0.05) is 18.2 Å². The minimum atomic E-state index is -3.69. The highest BCUT2D eigenvalue weighted by atomic mass is 32.2. The molecule has 0 fully saturated rings. The van der Waals surface area contributed by atoms with E-state index in [-0.39, 0.29) is 6.61 Å². The maximum Gasteiger partial charge on any atom is 0.338 e. The van der Waals surface area contributed by atoms with E-state index in [0.29, 0.717) is 5.56 Å². The van der Waals surface area contributed by atoms with E-state index in [0.717, 1.165) is 0 Å². The van der Waals surface area contributed by atoms with Crippen molar-refractivity contribution in [3.63, 3.8) is 0 Å². The van der Waals surface area contributed by atoms with E-state index in [1.165, 1.54) is 0 Å². The van der Waals surface area contributed by atoms with Gasteiger partial charge in [0.1, 0.15) is 0 Å². The zero-order valence-electron chi connectivity index (χ0n) is 7.73. The lowest BCUT2D eigenvalue weighted by Crippen LogP contribution is -2.01. The molecule has 0 aliphatic rings. The van der Waals surface area contributed by atoms with Gasteiger partial charge in [-0.05, 0) is 25.0 Å². The van der Waals surface area contributed by atoms with E-state index in [4.69, 9.17) is 0 Å². The SMILES string of the molecule is CCOS(=O)(=O)C#Cc1ccccc1. The predicted molar refractivity (Wildman–Crippen MR) is 53.9 cm³/mol. The van der Waals surface area contributed by atoms with Crippen LogP contribution in [0.15, 0.2) is 30.3 Å². The van der Waals surface area contributed by atoms with Gasteiger partial charge in [0.05, 0.1) is 11.9 Å². The number of benzene rings is 1. The molecule has 0 amide bonds. The molecule has 1 aromatic carbocycles. The van der Waals surface area contributed by atoms with Crippen molar-refractivity contribution >= 4 is 10.1 Å². The van der Waals surface area contributed by atoms with E-state index >= 15 is 0 Å². The minimum absolute atomic E-state index is 0.103. The van der Waals surface area contributed by atoms with E-state index in [1.54, 1.807) is 31.2 Å². The molecule has 0 aliphatic heterocycles. The van der Waals surface area contributed by atoms with Crippen LogP contribution in [0.25, 0.3) is 0 Å². The second kappa shape index (κ2) is 4.80. The van der Waals surface area contributed by atoms with E-state index < -0.39 is 10.1 Å². The van der Waals surface area contributed by atoms with Gasteiger partial charge in [0.2, 0.25) is 0 Å². The van der Waals surface area contributed by atoms with Gasteiger partial charge in [0.25, 0.3) is 0 Å². The van der Waals surface area contributed by atoms with Crippen LogP contribution >= 0.6 is 0 Å². The Morgan fingerprint density at radius 2 is 1.93 bits per heavy atom. The first-order valence-electron chi connectivity index (χ1n) is 4.11. The first kappa shape index (κ1) is 10.8. The maximum atomic E-state index is 11.0. The van der Waals surface area contributed by atoms with Crippen LogP contribution in [-0.4, -0.2) is 15.0 Å². The zero-order valence-corrected chi connectivity index (χ0v) is 8.54. The Balaban J connectivity index is 2.84. The van der Waals surface area contributed by atoms with E-state index in [2.05, 4.69) is 15.4 Å². The molecule has 0 heterocycles. The lowest BCUT2D eigenvalue weighted by atomic mass is 10.2. The van der Waals surface area contributed by atoms with Gasteiger partial charge in [-0.15, -0.1) is 0 Å². The summed E-state index contributed by atoms with van der Waals surface area (Å²) < 4.78 is 26.5. The highest BCUT2D eigenvalue weighted by Crippen LogP contribution is 1.96. The van der Waals surface area contributed by atoms with E-state index in [1.807, 2.05) is 6.07 Å². The first-order chi connectivity index (χ1) is 6.64. The summed E-state index contributed by atoms with van der Waals surface area (Å²) in [6, 6.07) is 8.87. The fourth-order valence-corrected chi connectivity index (χ4v) is 1.44. The van der Waals surface area contributed by atoms with Gasteiger partial charge >= 0.3 is 10.1 Å². The molecule has 0 spiro atoms. The molecule has 1 rings (SSSR count). The third-order valence-corrected chi connectivity index (χ3v) is 2.27. The summed E-state index contributed by atoms with van der Waals surface area (Å²) in [5, 5.41) is 2.08. The lowest BCUT2D eigenvalue weighted by molar-refractivity contribution is 0.346. The summed E-state index contributed by atoms with van der Waals surface area (Å²) in [4.78, 5) is 0. The molecule has 4 heteroatoms. The third kappa shape index (κ3) is 3.60. The van der Waals surface area contributed by atoms with Gasteiger partial charge in [0.15, 0.2) is 0 Å². The van der Waals surface area contributed by atoms with Crippen LogP contribution in [-0.2, 0) is 14.3 Å². The Hall–Kier alpha value is -1.31. The fourth-order valence-electron chi connectivity index (χ4n) is 0.828. The second-order valence-electron chi connectivity index (χ2n) is 2.45. The quantitative estimate of drug-likeness (QED) is 0.547. The fraction of sp³-hybridized carbons (Fsp3) is 0.200. The number of hydrogen-bond donors (Lipinski definition) is 0. The van der Waals surface area contributed by atoms with Crippen LogP contribution in [0, 0.1) is 11.2 Å². The average molecular weight is 210 g/mol. The van der Waals surface area contributed by atoms with Crippen LogP contribution in [0.1, 0.15) is 12.5 Å². The van der Waals surface area contributed by atoms with Crippen molar-refractivity contribution in [2.45, 2.75) is 6.92 Å². The minimum Gasteiger partial charge on any atom is -0.261 e. The maximum absolute atomic E-state index is 11.0. The summed E-state index contributed by atoms with van der Waals surface area (Å²) in [7, 11) is -3.69. The standard InChI is InChI=1S/C10H10O3S/c1-2-13-14(11,12)9-8-10-6-4-3-5-7-10/h3-7H,2H2,1H3. The van der Waals surface area contributed by atoms with Crippen LogP contribution in [0.3, 0.4) is 0 Å². The Morgan fingerprint density at radius 3 is 2.50 bits per heavy atom. The van der Waals surface area contributed by atoms with Gasteiger partial charge in [-0.2, -0.15) is 8.42 Å². The molecule has 0 radical (unpaired) electrons. The molecule has 0 N–H and O–H groups in total. The molecule has 0 atom stereocenters. The molecule has 74 valence electrons. The molecule has 0 saturated heterocycles. The molecule has 3 nitrogen and oxygen atoms in total. The predicted octanol–water partition coefficient (Wildman–Crippen LogP) is 1.36. The highest BCUT2D eigenvalue weighted by molar-refractivity contribution is 7.91. The molecule has 0 saturated carbocycles. The van der Waals surface area contributed by atoms with Crippen molar-refractivity contribution in [3.8, 4) is 11.2 Å². The molecular formula is C10H10O3S. The molecule has 0 aromatic heterocycles. The van der Waals surface area contributed by atoms with Gasteiger partial charge < -0.3 is 0 Å². The van der Waals surface area contributed by atoms with Crippen LogP contribution in [0.5, 0.6) is 0 Å². The van der Waals surface area contributed by atoms with Crippen LogP contribution in [0.2, 0.25) is 0 Å². The van der Waals surface area contributed by atoms with Gasteiger partial charge in [0, 0.05) is 5.56 Å². The number of rotatable bonds is 2. The summed E-state index contributed by atoms with van der Waals surface area (Å²) in [5.74, 6) is 2.51. The summed E-state index contributed by atoms with van der Waals surface area (Å²) in [5.41, 5.74) is 0.649. The molecule has 14 heavy (non-hydrogen) atoms. The topological polar surface area (TPSA) is 43.4 Å². The summed E-state index contributed by atoms with van der Waals surface area (Å²) in [6.45, 7) is 1.70. The summed E-state index contributed by atoms with van der Waals surface area (Å²) >= 11 is 0. The summed E-state index contributed by atoms with van der Waals surface area (Å²) in [6.07, 6.45) is 0. The normalized spacial score (nSPS) is 10.4. The highest BCUT2D eigenvalue weighted by Gasteiger charge is 2.02. The third-order valence-electron chi connectivity index (χ3n) is 1.37. The zero-order chi connectivity index (χ0) is 10.4. The van der Waals surface area contributed by atoms with E-state index in [9.17, 15) is 8.42 Å². The van der Waals surface area contributed by atoms with Crippen molar-refractivity contribution in [2.24, 2.45) is 0 Å². The largest absolute Gasteiger partial charge is 0.338 e. The van der Waals surface area contributed by atoms with Gasteiger partial charge in [-0.25, -0.2) is 0 Å². The molecule has 1 aromatic rings. The number of hydrogen-bond acceptors (Lipinski definition) is 3. The molecular weight excluding hydrogens is 200 g/mol. The van der Waals surface area contributed by atoms with Crippen molar-refractivity contribution in [1.29, 1.82) is 0 Å². The second-order valence-corrected chi connectivity index (χ2v) is 3.80. The monoisotopic (exact) mass is 210 g/mol. The first-order valence-corrected chi connectivity index (χ1v) is 5.52. The molecule has 0 unspecified atom stereocenters. The smallest absolute Gasteiger partial charge is 0.261 e. The molecule has 0 aliphatic carbocycles. The Kier molecular flexibility index (Phi) is 3.69. The Morgan fingerprint density at radius 1 is 1.29 bits per heavy atom. The van der Waals surface area contributed by atoms with Crippen LogP contribution < -0.4 is 0 Å². The average Bonchev–Trinajstić information content (AvgIpc) is 2.17. The van der Waals surface area contributed by atoms with Crippen LogP contribution in [0.4, 0.5) is 0 Å².